The lowest BCUT2D eigenvalue weighted by molar-refractivity contribution is 0.0809. The standard InChI is InChI=1S/C9H16O/c1-4-7-9(10,6-3)8-5-2/h3,10H,4-5,7-8H2,1-2H3. The molecule has 0 spiro atoms. The molecule has 58 valence electrons. The fourth-order valence-electron chi connectivity index (χ4n) is 1.10. The van der Waals surface area contributed by atoms with Gasteiger partial charge in [-0.1, -0.05) is 32.6 Å². The minimum Gasteiger partial charge on any atom is -0.378 e. The monoisotopic (exact) mass is 140 g/mol. The maximum Gasteiger partial charge on any atom is 0.125 e. The van der Waals surface area contributed by atoms with Crippen LogP contribution in [0, 0.1) is 12.3 Å². The van der Waals surface area contributed by atoms with Crippen LogP contribution in [0.3, 0.4) is 0 Å². The predicted molar refractivity (Wildman–Crippen MR) is 43.6 cm³/mol. The van der Waals surface area contributed by atoms with Crippen molar-refractivity contribution in [3.05, 3.63) is 0 Å². The molecule has 0 saturated heterocycles. The molecule has 0 aromatic rings. The molecule has 0 fully saturated rings. The van der Waals surface area contributed by atoms with E-state index in [0.29, 0.717) is 0 Å². The Morgan fingerprint density at radius 3 is 1.90 bits per heavy atom. The zero-order chi connectivity index (χ0) is 8.04. The fourth-order valence-corrected chi connectivity index (χ4v) is 1.10. The first-order valence-corrected chi connectivity index (χ1v) is 3.88. The Morgan fingerprint density at radius 1 is 1.30 bits per heavy atom. The summed E-state index contributed by atoms with van der Waals surface area (Å²) in [5.74, 6) is 2.44. The fraction of sp³-hybridized carbons (Fsp3) is 0.778. The summed E-state index contributed by atoms with van der Waals surface area (Å²) in [6.45, 7) is 4.05. The molecular formula is C9H16O. The lowest BCUT2D eigenvalue weighted by Crippen LogP contribution is -2.25. The van der Waals surface area contributed by atoms with Crippen molar-refractivity contribution in [2.45, 2.75) is 45.1 Å². The maximum absolute atomic E-state index is 9.58. The van der Waals surface area contributed by atoms with Crippen LogP contribution in [0.5, 0.6) is 0 Å². The third-order valence-electron chi connectivity index (χ3n) is 1.60. The number of hydrogen-bond acceptors (Lipinski definition) is 1. The van der Waals surface area contributed by atoms with Gasteiger partial charge in [0.05, 0.1) is 0 Å². The Bertz CT molecular complexity index is 115. The molecule has 0 atom stereocenters. The van der Waals surface area contributed by atoms with Crippen molar-refractivity contribution in [2.75, 3.05) is 0 Å². The van der Waals surface area contributed by atoms with Crippen LogP contribution in [-0.2, 0) is 0 Å². The van der Waals surface area contributed by atoms with Gasteiger partial charge in [0.1, 0.15) is 5.60 Å². The van der Waals surface area contributed by atoms with Crippen molar-refractivity contribution in [1.82, 2.24) is 0 Å². The van der Waals surface area contributed by atoms with E-state index in [-0.39, 0.29) is 0 Å². The highest BCUT2D eigenvalue weighted by Gasteiger charge is 2.20. The molecule has 0 aliphatic heterocycles. The first-order chi connectivity index (χ1) is 4.68. The molecule has 1 nitrogen and oxygen atoms in total. The van der Waals surface area contributed by atoms with E-state index < -0.39 is 5.60 Å². The Morgan fingerprint density at radius 2 is 1.70 bits per heavy atom. The third-order valence-corrected chi connectivity index (χ3v) is 1.60. The number of hydrogen-bond donors (Lipinski definition) is 1. The number of aliphatic hydroxyl groups is 1. The first kappa shape index (κ1) is 9.52. The summed E-state index contributed by atoms with van der Waals surface area (Å²) in [6.07, 6.45) is 8.51. The third kappa shape index (κ3) is 2.89. The molecule has 0 radical (unpaired) electrons. The molecule has 0 heterocycles. The van der Waals surface area contributed by atoms with E-state index in [2.05, 4.69) is 5.92 Å². The van der Waals surface area contributed by atoms with Crippen LogP contribution < -0.4 is 0 Å². The van der Waals surface area contributed by atoms with Gasteiger partial charge < -0.3 is 5.11 Å². The lowest BCUT2D eigenvalue weighted by Gasteiger charge is -2.19. The predicted octanol–water partition coefficient (Wildman–Crippen LogP) is 1.95. The second-order valence-electron chi connectivity index (χ2n) is 2.68. The number of rotatable bonds is 4. The van der Waals surface area contributed by atoms with Gasteiger partial charge in [0.25, 0.3) is 0 Å². The quantitative estimate of drug-likeness (QED) is 0.592. The summed E-state index contributed by atoms with van der Waals surface area (Å²) >= 11 is 0. The second-order valence-corrected chi connectivity index (χ2v) is 2.68. The van der Waals surface area contributed by atoms with Crippen LogP contribution in [0.15, 0.2) is 0 Å². The van der Waals surface area contributed by atoms with Crippen molar-refractivity contribution in [1.29, 1.82) is 0 Å². The van der Waals surface area contributed by atoms with Gasteiger partial charge in [0, 0.05) is 0 Å². The molecule has 10 heavy (non-hydrogen) atoms. The molecule has 0 amide bonds. The summed E-state index contributed by atoms with van der Waals surface area (Å²) in [7, 11) is 0. The van der Waals surface area contributed by atoms with E-state index in [1.807, 2.05) is 13.8 Å². The molecular weight excluding hydrogens is 124 g/mol. The van der Waals surface area contributed by atoms with Crippen molar-refractivity contribution >= 4 is 0 Å². The van der Waals surface area contributed by atoms with Gasteiger partial charge >= 0.3 is 0 Å². The van der Waals surface area contributed by atoms with Crippen LogP contribution in [0.1, 0.15) is 39.5 Å². The van der Waals surface area contributed by atoms with Crippen molar-refractivity contribution < 1.29 is 5.11 Å². The molecule has 0 aliphatic rings. The van der Waals surface area contributed by atoms with Gasteiger partial charge in [0.2, 0.25) is 0 Å². The molecule has 1 N–H and O–H groups in total. The smallest absolute Gasteiger partial charge is 0.125 e. The van der Waals surface area contributed by atoms with Crippen LogP contribution in [0.4, 0.5) is 0 Å². The maximum atomic E-state index is 9.58. The molecule has 0 aromatic heterocycles. The van der Waals surface area contributed by atoms with Gasteiger partial charge in [0.15, 0.2) is 0 Å². The second kappa shape index (κ2) is 4.35. The molecule has 0 rings (SSSR count). The Labute approximate surface area is 63.5 Å². The van der Waals surface area contributed by atoms with Gasteiger partial charge in [-0.05, 0) is 12.8 Å². The van der Waals surface area contributed by atoms with E-state index in [9.17, 15) is 5.11 Å². The van der Waals surface area contributed by atoms with E-state index in [4.69, 9.17) is 6.42 Å². The highest BCUT2D eigenvalue weighted by atomic mass is 16.3. The van der Waals surface area contributed by atoms with E-state index >= 15 is 0 Å². The topological polar surface area (TPSA) is 20.2 Å². The minimum atomic E-state index is -0.830. The molecule has 0 saturated carbocycles. The summed E-state index contributed by atoms with van der Waals surface area (Å²) in [4.78, 5) is 0. The van der Waals surface area contributed by atoms with Crippen molar-refractivity contribution in [3.63, 3.8) is 0 Å². The normalized spacial score (nSPS) is 11.0. The SMILES string of the molecule is C#CC(O)(CCC)CCC. The van der Waals surface area contributed by atoms with Crippen LogP contribution in [0.25, 0.3) is 0 Å². The highest BCUT2D eigenvalue weighted by molar-refractivity contribution is 5.06. The summed E-state index contributed by atoms with van der Waals surface area (Å²) in [5.41, 5.74) is -0.830. The van der Waals surface area contributed by atoms with Crippen LogP contribution >= 0.6 is 0 Å². The largest absolute Gasteiger partial charge is 0.378 e. The summed E-state index contributed by atoms with van der Waals surface area (Å²) < 4.78 is 0. The summed E-state index contributed by atoms with van der Waals surface area (Å²) in [5, 5.41) is 9.58. The van der Waals surface area contributed by atoms with Crippen molar-refractivity contribution in [2.24, 2.45) is 0 Å². The zero-order valence-corrected chi connectivity index (χ0v) is 6.85. The van der Waals surface area contributed by atoms with Crippen LogP contribution in [0.2, 0.25) is 0 Å². The van der Waals surface area contributed by atoms with Crippen LogP contribution in [-0.4, -0.2) is 10.7 Å². The number of terminal acetylenes is 1. The Kier molecular flexibility index (Phi) is 4.14. The minimum absolute atomic E-state index is 0.720. The molecule has 0 aliphatic carbocycles. The average molecular weight is 140 g/mol. The summed E-state index contributed by atoms with van der Waals surface area (Å²) in [6, 6.07) is 0. The highest BCUT2D eigenvalue weighted by Crippen LogP contribution is 2.17. The Hall–Kier alpha value is -0.480. The zero-order valence-electron chi connectivity index (χ0n) is 6.85. The van der Waals surface area contributed by atoms with Gasteiger partial charge in [-0.15, -0.1) is 6.42 Å². The molecule has 0 bridgehead atoms. The van der Waals surface area contributed by atoms with Gasteiger partial charge in [-0.25, -0.2) is 0 Å². The van der Waals surface area contributed by atoms with Crippen molar-refractivity contribution in [3.8, 4) is 12.3 Å². The van der Waals surface area contributed by atoms with Gasteiger partial charge in [-0.3, -0.25) is 0 Å². The van der Waals surface area contributed by atoms with E-state index in [1.165, 1.54) is 0 Å². The van der Waals surface area contributed by atoms with E-state index in [1.54, 1.807) is 0 Å². The molecule has 0 aromatic carbocycles. The first-order valence-electron chi connectivity index (χ1n) is 3.88. The van der Waals surface area contributed by atoms with Gasteiger partial charge in [-0.2, -0.15) is 0 Å². The Balaban J connectivity index is 3.85. The average Bonchev–Trinajstić information content (AvgIpc) is 1.89. The lowest BCUT2D eigenvalue weighted by atomic mass is 9.94. The molecule has 0 unspecified atom stereocenters. The van der Waals surface area contributed by atoms with E-state index in [0.717, 1.165) is 25.7 Å². The molecule has 1 heteroatoms.